The Balaban J connectivity index is 2.03. The molecule has 1 saturated heterocycles. The number of benzene rings is 1. The maximum absolute atomic E-state index is 15.3. The molecule has 1 aromatic heterocycles. The van der Waals surface area contributed by atoms with Crippen LogP contribution >= 0.6 is 0 Å². The second-order valence-corrected chi connectivity index (χ2v) is 6.86. The van der Waals surface area contributed by atoms with Crippen LogP contribution in [0.1, 0.15) is 6.92 Å². The minimum absolute atomic E-state index is 0.170. The first-order valence-corrected chi connectivity index (χ1v) is 8.68. The Morgan fingerprint density at radius 3 is 2.64 bits per heavy atom. The summed E-state index contributed by atoms with van der Waals surface area (Å²) in [5.41, 5.74) is 5.88. The van der Waals surface area contributed by atoms with Gasteiger partial charge in [0.15, 0.2) is 17.3 Å². The van der Waals surface area contributed by atoms with Crippen molar-refractivity contribution in [3.05, 3.63) is 28.5 Å². The number of allylic oxidation sites excluding steroid dienone is 1. The molecule has 0 spiro atoms. The molecule has 0 amide bonds. The van der Waals surface area contributed by atoms with E-state index in [2.05, 4.69) is 9.64 Å². The maximum Gasteiger partial charge on any atom is 0.511 e. The predicted molar refractivity (Wildman–Crippen MR) is 102 cm³/mol. The van der Waals surface area contributed by atoms with Crippen LogP contribution in [-0.4, -0.2) is 54.0 Å². The third-order valence-corrected chi connectivity index (χ3v) is 5.06. The SMILES string of the molecule is CC1=COc2c(N3CCN(C)CC3)c(F)c(N)c3c(=O)c(OC(=O)O)cn1c23. The first-order chi connectivity index (χ1) is 13.3. The number of piperazine rings is 1. The summed E-state index contributed by atoms with van der Waals surface area (Å²) >= 11 is 0. The molecule has 0 aliphatic carbocycles. The minimum Gasteiger partial charge on any atom is -0.459 e. The zero-order valence-corrected chi connectivity index (χ0v) is 15.4. The minimum atomic E-state index is -1.65. The fourth-order valence-corrected chi connectivity index (χ4v) is 3.58. The summed E-state index contributed by atoms with van der Waals surface area (Å²) in [5, 5.41) is 8.73. The second kappa shape index (κ2) is 6.41. The van der Waals surface area contributed by atoms with Crippen molar-refractivity contribution in [2.75, 3.05) is 43.9 Å². The first kappa shape index (κ1) is 18.1. The van der Waals surface area contributed by atoms with E-state index >= 15 is 4.39 Å². The van der Waals surface area contributed by atoms with Gasteiger partial charge in [-0.15, -0.1) is 0 Å². The number of hydrogen-bond donors (Lipinski definition) is 2. The van der Waals surface area contributed by atoms with Crippen molar-refractivity contribution in [3.8, 4) is 11.5 Å². The lowest BCUT2D eigenvalue weighted by Gasteiger charge is -2.36. The summed E-state index contributed by atoms with van der Waals surface area (Å²) in [6.45, 7) is 4.32. The number of aromatic nitrogens is 1. The van der Waals surface area contributed by atoms with Crippen LogP contribution in [0.4, 0.5) is 20.6 Å². The Labute approximate surface area is 158 Å². The molecule has 2 aliphatic heterocycles. The summed E-state index contributed by atoms with van der Waals surface area (Å²) in [6.07, 6.45) is 1.01. The molecule has 2 aliphatic rings. The van der Waals surface area contributed by atoms with Crippen LogP contribution in [0, 0.1) is 5.82 Å². The highest BCUT2D eigenvalue weighted by Gasteiger charge is 2.31. The van der Waals surface area contributed by atoms with Crippen molar-refractivity contribution >= 4 is 34.1 Å². The van der Waals surface area contributed by atoms with Crippen LogP contribution in [0.3, 0.4) is 0 Å². The molecule has 0 bridgehead atoms. The number of nitrogen functional groups attached to an aromatic ring is 1. The van der Waals surface area contributed by atoms with Crippen LogP contribution in [0.2, 0.25) is 0 Å². The maximum atomic E-state index is 15.3. The van der Waals surface area contributed by atoms with Gasteiger partial charge >= 0.3 is 6.16 Å². The third kappa shape index (κ3) is 2.64. The number of rotatable bonds is 2. The second-order valence-electron chi connectivity index (χ2n) is 6.86. The van der Waals surface area contributed by atoms with Gasteiger partial charge in [-0.2, -0.15) is 0 Å². The molecule has 1 aromatic carbocycles. The molecule has 0 radical (unpaired) electrons. The van der Waals surface area contributed by atoms with E-state index < -0.39 is 23.2 Å². The van der Waals surface area contributed by atoms with Crippen LogP contribution in [0.15, 0.2) is 17.3 Å². The number of anilines is 2. The number of pyridine rings is 1. The molecular weight excluding hydrogens is 371 g/mol. The van der Waals surface area contributed by atoms with Gasteiger partial charge in [0.05, 0.1) is 23.0 Å². The topological polar surface area (TPSA) is 110 Å². The lowest BCUT2D eigenvalue weighted by Crippen LogP contribution is -2.45. The van der Waals surface area contributed by atoms with Gasteiger partial charge in [0.25, 0.3) is 0 Å². The Kier molecular flexibility index (Phi) is 4.15. The molecule has 0 atom stereocenters. The van der Waals surface area contributed by atoms with E-state index in [1.54, 1.807) is 6.92 Å². The monoisotopic (exact) mass is 390 g/mol. The molecule has 4 rings (SSSR count). The summed E-state index contributed by atoms with van der Waals surface area (Å²) < 4.78 is 27.1. The smallest absolute Gasteiger partial charge is 0.459 e. The normalized spacial score (nSPS) is 16.7. The van der Waals surface area contributed by atoms with E-state index in [1.165, 1.54) is 17.0 Å². The molecule has 9 nitrogen and oxygen atoms in total. The van der Waals surface area contributed by atoms with Gasteiger partial charge in [0, 0.05) is 26.2 Å². The Morgan fingerprint density at radius 1 is 1.32 bits per heavy atom. The van der Waals surface area contributed by atoms with Gasteiger partial charge in [-0.1, -0.05) is 0 Å². The summed E-state index contributed by atoms with van der Waals surface area (Å²) in [5.74, 6) is -1.05. The van der Waals surface area contributed by atoms with Gasteiger partial charge in [-0.25, -0.2) is 9.18 Å². The zero-order chi connectivity index (χ0) is 20.2. The fourth-order valence-electron chi connectivity index (χ4n) is 3.58. The van der Waals surface area contributed by atoms with E-state index in [4.69, 9.17) is 15.6 Å². The third-order valence-electron chi connectivity index (χ3n) is 5.06. The molecule has 2 aromatic rings. The Morgan fingerprint density at radius 2 is 2.00 bits per heavy atom. The van der Waals surface area contributed by atoms with Crippen LogP contribution in [0.5, 0.6) is 11.5 Å². The Hall–Kier alpha value is -3.27. The standard InChI is InChI=1S/C18H19FN4O5/c1-9-8-27-17-14-11(16(24)10(7-23(9)14)28-18(25)26)13(20)12(19)15(17)22-5-3-21(2)4-6-22/h7-8H,3-6,20H2,1-2H3,(H,25,26). The summed E-state index contributed by atoms with van der Waals surface area (Å²) in [7, 11) is 1.98. The largest absolute Gasteiger partial charge is 0.511 e. The number of nitrogens with zero attached hydrogens (tertiary/aromatic N) is 3. The van der Waals surface area contributed by atoms with E-state index in [0.29, 0.717) is 18.8 Å². The van der Waals surface area contributed by atoms with E-state index in [-0.39, 0.29) is 28.0 Å². The van der Waals surface area contributed by atoms with E-state index in [1.807, 2.05) is 11.9 Å². The molecule has 10 heteroatoms. The van der Waals surface area contributed by atoms with Gasteiger partial charge in [0.1, 0.15) is 17.5 Å². The molecule has 148 valence electrons. The number of carboxylic acid groups (broad SMARTS) is 1. The molecule has 3 heterocycles. The van der Waals surface area contributed by atoms with Crippen molar-refractivity contribution in [3.63, 3.8) is 0 Å². The number of likely N-dealkylation sites (N-methyl/N-ethyl adjacent to an activating group) is 1. The number of halogens is 1. The average Bonchev–Trinajstić information content (AvgIpc) is 2.64. The fraction of sp³-hybridized carbons (Fsp3) is 0.333. The molecular formula is C18H19FN4O5. The molecule has 0 unspecified atom stereocenters. The molecule has 1 fully saturated rings. The number of nitrogens with two attached hydrogens (primary N) is 1. The first-order valence-electron chi connectivity index (χ1n) is 8.68. The van der Waals surface area contributed by atoms with Crippen LogP contribution in [0.25, 0.3) is 16.6 Å². The highest BCUT2D eigenvalue weighted by atomic mass is 19.1. The van der Waals surface area contributed by atoms with Crippen LogP contribution in [-0.2, 0) is 0 Å². The van der Waals surface area contributed by atoms with Crippen molar-refractivity contribution < 1.29 is 23.8 Å². The summed E-state index contributed by atoms with van der Waals surface area (Å²) in [4.78, 5) is 27.7. The highest BCUT2D eigenvalue weighted by Crippen LogP contribution is 2.45. The van der Waals surface area contributed by atoms with Crippen molar-refractivity contribution in [1.82, 2.24) is 9.47 Å². The van der Waals surface area contributed by atoms with Crippen molar-refractivity contribution in [2.24, 2.45) is 0 Å². The van der Waals surface area contributed by atoms with Crippen molar-refractivity contribution in [1.29, 1.82) is 0 Å². The number of carbonyl (C=O) groups is 1. The summed E-state index contributed by atoms with van der Waals surface area (Å²) in [6, 6.07) is 0. The number of ether oxygens (including phenoxy) is 2. The van der Waals surface area contributed by atoms with Gasteiger partial charge in [-0.3, -0.25) is 4.79 Å². The lowest BCUT2D eigenvalue weighted by atomic mass is 10.1. The highest BCUT2D eigenvalue weighted by molar-refractivity contribution is 6.02. The van der Waals surface area contributed by atoms with E-state index in [9.17, 15) is 9.59 Å². The van der Waals surface area contributed by atoms with Crippen LogP contribution < -0.4 is 25.5 Å². The molecule has 28 heavy (non-hydrogen) atoms. The van der Waals surface area contributed by atoms with Crippen molar-refractivity contribution in [2.45, 2.75) is 6.92 Å². The molecule has 3 N–H and O–H groups in total. The van der Waals surface area contributed by atoms with E-state index in [0.717, 1.165) is 13.1 Å². The molecule has 0 saturated carbocycles. The van der Waals surface area contributed by atoms with Gasteiger partial charge < -0.3 is 34.7 Å². The van der Waals surface area contributed by atoms with Gasteiger partial charge in [-0.05, 0) is 14.0 Å². The quantitative estimate of drug-likeness (QED) is 0.589. The average molecular weight is 390 g/mol. The lowest BCUT2D eigenvalue weighted by molar-refractivity contribution is 0.144. The van der Waals surface area contributed by atoms with Gasteiger partial charge in [0.2, 0.25) is 5.43 Å². The predicted octanol–water partition coefficient (Wildman–Crippen LogP) is 1.74. The zero-order valence-electron chi connectivity index (χ0n) is 15.4. The Bertz CT molecular complexity index is 1090. The number of hydrogen-bond acceptors (Lipinski definition) is 7.